The number of hydrogen-bond acceptors (Lipinski definition) is 3. The van der Waals surface area contributed by atoms with Crippen molar-refractivity contribution >= 4 is 23.1 Å². The molecule has 0 heterocycles. The van der Waals surface area contributed by atoms with Crippen molar-refractivity contribution in [3.8, 4) is 0 Å². The third-order valence-electron chi connectivity index (χ3n) is 7.78. The number of thiocarbonyl (C=S) groups is 1. The van der Waals surface area contributed by atoms with E-state index in [9.17, 15) is 4.79 Å². The summed E-state index contributed by atoms with van der Waals surface area (Å²) in [5, 5.41) is 0. The molecular formula is C21H28O2S. The molecule has 3 saturated carbocycles. The van der Waals surface area contributed by atoms with Gasteiger partial charge in [-0.1, -0.05) is 37.7 Å². The van der Waals surface area contributed by atoms with Gasteiger partial charge in [0.15, 0.2) is 0 Å². The average Bonchev–Trinajstić information content (AvgIpc) is 2.84. The normalized spacial score (nSPS) is 46.6. The molecule has 24 heavy (non-hydrogen) atoms. The second kappa shape index (κ2) is 5.52. The largest absolute Gasteiger partial charge is 0.462 e. The van der Waals surface area contributed by atoms with Crippen molar-refractivity contribution in [2.75, 3.05) is 0 Å². The highest BCUT2D eigenvalue weighted by Gasteiger charge is 2.59. The fraction of sp³-hybridized carbons (Fsp3) is 0.714. The molecule has 0 bridgehead atoms. The van der Waals surface area contributed by atoms with Gasteiger partial charge in [0.05, 0.1) is 0 Å². The molecule has 0 aromatic rings. The fourth-order valence-corrected chi connectivity index (χ4v) is 6.75. The Bertz CT molecular complexity index is 648. The van der Waals surface area contributed by atoms with E-state index >= 15 is 0 Å². The number of hydrogen-bond donors (Lipinski definition) is 0. The Morgan fingerprint density at radius 3 is 2.75 bits per heavy atom. The maximum Gasteiger partial charge on any atom is 0.302 e. The number of esters is 1. The summed E-state index contributed by atoms with van der Waals surface area (Å²) < 4.78 is 5.73. The first-order valence-corrected chi connectivity index (χ1v) is 9.87. The summed E-state index contributed by atoms with van der Waals surface area (Å²) in [7, 11) is 0. The smallest absolute Gasteiger partial charge is 0.302 e. The van der Waals surface area contributed by atoms with Crippen molar-refractivity contribution < 1.29 is 9.53 Å². The highest BCUT2D eigenvalue weighted by Crippen LogP contribution is 2.64. The molecule has 0 amide bonds. The van der Waals surface area contributed by atoms with Gasteiger partial charge in [0, 0.05) is 22.6 Å². The predicted molar refractivity (Wildman–Crippen MR) is 99.8 cm³/mol. The van der Waals surface area contributed by atoms with E-state index in [0.29, 0.717) is 11.8 Å². The van der Waals surface area contributed by atoms with E-state index in [4.69, 9.17) is 17.0 Å². The van der Waals surface area contributed by atoms with Gasteiger partial charge in [0.2, 0.25) is 0 Å². The lowest BCUT2D eigenvalue weighted by atomic mass is 9.48. The van der Waals surface area contributed by atoms with E-state index in [-0.39, 0.29) is 22.9 Å². The molecule has 4 rings (SSSR count). The van der Waals surface area contributed by atoms with Crippen LogP contribution in [0, 0.1) is 28.6 Å². The Hall–Kier alpha value is -0.960. The molecule has 6 atom stereocenters. The minimum absolute atomic E-state index is 0.117. The Morgan fingerprint density at radius 2 is 2.00 bits per heavy atom. The number of allylic oxidation sites excluding steroid dienone is 4. The molecule has 130 valence electrons. The summed E-state index contributed by atoms with van der Waals surface area (Å²) in [6, 6.07) is 0. The molecule has 0 N–H and O–H groups in total. The van der Waals surface area contributed by atoms with E-state index < -0.39 is 0 Å². The molecule has 4 aliphatic carbocycles. The summed E-state index contributed by atoms with van der Waals surface area (Å²) in [6.07, 6.45) is 14.0. The topological polar surface area (TPSA) is 26.3 Å². The number of rotatable bonds is 1. The molecule has 3 fully saturated rings. The minimum atomic E-state index is -0.117. The highest BCUT2D eigenvalue weighted by molar-refractivity contribution is 7.81. The van der Waals surface area contributed by atoms with Crippen LogP contribution in [0.1, 0.15) is 59.3 Å². The summed E-state index contributed by atoms with van der Waals surface area (Å²) >= 11 is 5.41. The molecule has 2 nitrogen and oxygen atoms in total. The zero-order valence-corrected chi connectivity index (χ0v) is 15.8. The number of carbonyl (C=O) groups excluding carboxylic acids is 1. The van der Waals surface area contributed by atoms with Crippen LogP contribution >= 0.6 is 12.2 Å². The van der Waals surface area contributed by atoms with Crippen LogP contribution in [0.3, 0.4) is 0 Å². The van der Waals surface area contributed by atoms with Gasteiger partial charge in [-0.25, -0.2) is 0 Å². The molecule has 0 unspecified atom stereocenters. The Kier molecular flexibility index (Phi) is 3.80. The Morgan fingerprint density at radius 1 is 1.21 bits per heavy atom. The van der Waals surface area contributed by atoms with Crippen molar-refractivity contribution in [3.63, 3.8) is 0 Å². The number of fused-ring (bicyclic) bond motifs is 5. The lowest BCUT2D eigenvalue weighted by Gasteiger charge is -2.56. The Labute approximate surface area is 150 Å². The third kappa shape index (κ3) is 2.27. The molecule has 0 radical (unpaired) electrons. The van der Waals surface area contributed by atoms with Crippen LogP contribution in [-0.4, -0.2) is 16.9 Å². The second-order valence-electron chi connectivity index (χ2n) is 8.82. The van der Waals surface area contributed by atoms with Crippen molar-refractivity contribution in [1.29, 1.82) is 0 Å². The maximum atomic E-state index is 11.5. The molecule has 0 aliphatic heterocycles. The molecule has 3 heteroatoms. The van der Waals surface area contributed by atoms with Crippen molar-refractivity contribution in [2.45, 2.75) is 65.4 Å². The van der Waals surface area contributed by atoms with Gasteiger partial charge in [-0.2, -0.15) is 0 Å². The average molecular weight is 345 g/mol. The van der Waals surface area contributed by atoms with E-state index in [1.54, 1.807) is 12.5 Å². The van der Waals surface area contributed by atoms with Gasteiger partial charge in [0.25, 0.3) is 0 Å². The number of ether oxygens (including phenoxy) is 1. The summed E-state index contributed by atoms with van der Waals surface area (Å²) in [5.74, 6) is 2.04. The van der Waals surface area contributed by atoms with Crippen LogP contribution in [0.2, 0.25) is 0 Å². The van der Waals surface area contributed by atoms with Crippen LogP contribution in [0.25, 0.3) is 0 Å². The fourth-order valence-electron chi connectivity index (χ4n) is 6.54. The standard InChI is InChI=1S/C21H28O2S/c1-13(22)23-19-7-6-17-16-5-4-14-12-15(24)8-10-20(14,2)18(16)9-11-21(17,19)3/h8,10,12,16-19H,4-7,9,11H2,1-3H3/t16-,17-,18-,19-,20-,21-/m0/s1. The molecule has 4 aliphatic rings. The van der Waals surface area contributed by atoms with Gasteiger partial charge >= 0.3 is 5.97 Å². The molecule has 0 aromatic carbocycles. The Balaban J connectivity index is 1.63. The van der Waals surface area contributed by atoms with Gasteiger partial charge in [-0.3, -0.25) is 4.79 Å². The zero-order valence-electron chi connectivity index (χ0n) is 15.0. The quantitative estimate of drug-likeness (QED) is 0.493. The number of carbonyl (C=O) groups is 1. The van der Waals surface area contributed by atoms with E-state index in [1.165, 1.54) is 32.1 Å². The second-order valence-corrected chi connectivity index (χ2v) is 9.29. The maximum absolute atomic E-state index is 11.5. The summed E-state index contributed by atoms with van der Waals surface area (Å²) in [5.41, 5.74) is 1.92. The van der Waals surface area contributed by atoms with Gasteiger partial charge in [-0.05, 0) is 68.4 Å². The third-order valence-corrected chi connectivity index (χ3v) is 8.03. The van der Waals surface area contributed by atoms with Crippen molar-refractivity contribution in [3.05, 3.63) is 23.8 Å². The van der Waals surface area contributed by atoms with Gasteiger partial charge < -0.3 is 4.74 Å². The van der Waals surface area contributed by atoms with Crippen LogP contribution in [0.5, 0.6) is 0 Å². The SMILES string of the molecule is CC(=O)O[C@H]1CC[C@H]2[C@@H]3CCC4=CC(=S)C=C[C@]4(C)[C@H]3CC[C@]12C. The van der Waals surface area contributed by atoms with Crippen LogP contribution in [0.15, 0.2) is 23.8 Å². The predicted octanol–water partition coefficient (Wildman–Crippen LogP) is 5.03. The highest BCUT2D eigenvalue weighted by atomic mass is 32.1. The zero-order chi connectivity index (χ0) is 17.1. The van der Waals surface area contributed by atoms with Crippen LogP contribution < -0.4 is 0 Å². The lowest BCUT2D eigenvalue weighted by Crippen LogP contribution is -2.50. The first kappa shape index (κ1) is 16.5. The lowest BCUT2D eigenvalue weighted by molar-refractivity contribution is -0.156. The van der Waals surface area contributed by atoms with Gasteiger partial charge in [-0.15, -0.1) is 0 Å². The van der Waals surface area contributed by atoms with E-state index in [2.05, 4.69) is 32.1 Å². The van der Waals surface area contributed by atoms with Crippen molar-refractivity contribution in [1.82, 2.24) is 0 Å². The van der Waals surface area contributed by atoms with E-state index in [1.807, 2.05) is 0 Å². The van der Waals surface area contributed by atoms with Crippen LogP contribution in [-0.2, 0) is 9.53 Å². The van der Waals surface area contributed by atoms with Gasteiger partial charge in [0.1, 0.15) is 6.10 Å². The molecular weight excluding hydrogens is 316 g/mol. The summed E-state index contributed by atoms with van der Waals surface area (Å²) in [4.78, 5) is 12.5. The first-order chi connectivity index (χ1) is 11.3. The minimum Gasteiger partial charge on any atom is -0.462 e. The first-order valence-electron chi connectivity index (χ1n) is 9.46. The van der Waals surface area contributed by atoms with Crippen LogP contribution in [0.4, 0.5) is 0 Å². The van der Waals surface area contributed by atoms with Crippen molar-refractivity contribution in [2.24, 2.45) is 28.6 Å². The van der Waals surface area contributed by atoms with E-state index in [0.717, 1.165) is 17.2 Å². The molecule has 0 saturated heterocycles. The molecule has 0 aromatic heterocycles. The summed E-state index contributed by atoms with van der Waals surface area (Å²) in [6.45, 7) is 6.36. The molecule has 0 spiro atoms. The monoisotopic (exact) mass is 344 g/mol.